The standard InChI is InChI=1S/C17H14N2/c1-2-4-16-14(3-1)15-9-12-19-10-7-13(8-11-19)5-6-17(15)18-16/h1-7,9-10,12H,8,11H2. The molecule has 1 aromatic rings. The molecule has 5 rings (SSSR count). The summed E-state index contributed by atoms with van der Waals surface area (Å²) in [6, 6.07) is 17.0. The van der Waals surface area contributed by atoms with Crippen molar-refractivity contribution in [2.45, 2.75) is 13.0 Å². The predicted molar refractivity (Wildman–Crippen MR) is 77.7 cm³/mol. The molecule has 0 unspecified atom stereocenters. The summed E-state index contributed by atoms with van der Waals surface area (Å²) < 4.78 is 2.23. The van der Waals surface area contributed by atoms with Gasteiger partial charge in [-0.25, -0.2) is 4.98 Å². The van der Waals surface area contributed by atoms with Crippen LogP contribution in [-0.4, -0.2) is 9.55 Å². The number of hydrogen-bond donors (Lipinski definition) is 0. The second-order valence-corrected chi connectivity index (χ2v) is 4.96. The lowest BCUT2D eigenvalue weighted by atomic mass is 10.1. The average molecular weight is 246 g/mol. The maximum atomic E-state index is 4.72. The minimum Gasteiger partial charge on any atom is -0.354 e. The summed E-state index contributed by atoms with van der Waals surface area (Å²) in [6.45, 7) is 1.05. The van der Waals surface area contributed by atoms with Gasteiger partial charge in [0, 0.05) is 29.9 Å². The summed E-state index contributed by atoms with van der Waals surface area (Å²) in [4.78, 5) is 4.72. The van der Waals surface area contributed by atoms with Crippen LogP contribution < -0.4 is 0 Å². The second-order valence-electron chi connectivity index (χ2n) is 4.96. The normalized spacial score (nSPS) is 12.8. The maximum Gasteiger partial charge on any atom is 0.0716 e. The largest absolute Gasteiger partial charge is 0.354 e. The van der Waals surface area contributed by atoms with Crippen molar-refractivity contribution in [3.8, 4) is 11.3 Å². The van der Waals surface area contributed by atoms with Gasteiger partial charge in [0.05, 0.1) is 11.2 Å². The van der Waals surface area contributed by atoms with Crippen molar-refractivity contribution in [2.24, 2.45) is 0 Å². The number of rotatable bonds is 0. The summed E-state index contributed by atoms with van der Waals surface area (Å²) in [5.41, 5.74) is 4.71. The topological polar surface area (TPSA) is 17.8 Å². The van der Waals surface area contributed by atoms with Crippen molar-refractivity contribution in [3.63, 3.8) is 0 Å². The molecule has 4 heterocycles. The number of fused-ring (bicyclic) bond motifs is 5. The van der Waals surface area contributed by atoms with Crippen molar-refractivity contribution >= 4 is 10.9 Å². The van der Waals surface area contributed by atoms with Crippen molar-refractivity contribution < 1.29 is 0 Å². The van der Waals surface area contributed by atoms with E-state index in [4.69, 9.17) is 4.98 Å². The van der Waals surface area contributed by atoms with E-state index in [0.29, 0.717) is 0 Å². The van der Waals surface area contributed by atoms with Crippen LogP contribution in [0.3, 0.4) is 0 Å². The summed E-state index contributed by atoms with van der Waals surface area (Å²) in [7, 11) is 0. The lowest BCUT2D eigenvalue weighted by Gasteiger charge is -2.10. The fourth-order valence-corrected chi connectivity index (χ4v) is 2.66. The zero-order chi connectivity index (χ0) is 12.7. The van der Waals surface area contributed by atoms with Gasteiger partial charge in [-0.2, -0.15) is 0 Å². The Bertz CT molecular complexity index is 784. The quantitative estimate of drug-likeness (QED) is 0.589. The maximum absolute atomic E-state index is 4.72. The first-order valence-corrected chi connectivity index (χ1v) is 6.62. The van der Waals surface area contributed by atoms with E-state index in [1.165, 1.54) is 16.5 Å². The fourth-order valence-electron chi connectivity index (χ4n) is 2.66. The highest BCUT2D eigenvalue weighted by Gasteiger charge is 2.09. The van der Waals surface area contributed by atoms with Crippen LogP contribution in [0.15, 0.2) is 60.9 Å². The molecule has 2 heteroatoms. The molecule has 4 aliphatic rings. The molecule has 4 aliphatic heterocycles. The Morgan fingerprint density at radius 2 is 1.79 bits per heavy atom. The number of nitrogens with zero attached hydrogens (tertiary/aromatic N) is 2. The van der Waals surface area contributed by atoms with Crippen LogP contribution in [0.25, 0.3) is 22.2 Å². The van der Waals surface area contributed by atoms with E-state index >= 15 is 0 Å². The van der Waals surface area contributed by atoms with Gasteiger partial charge in [0.2, 0.25) is 0 Å². The molecular weight excluding hydrogens is 232 g/mol. The minimum absolute atomic E-state index is 1.05. The number of hydrogen-bond acceptors (Lipinski definition) is 1. The molecule has 0 radical (unpaired) electrons. The van der Waals surface area contributed by atoms with E-state index in [0.717, 1.165) is 24.2 Å². The monoisotopic (exact) mass is 246 g/mol. The molecular formula is C17H14N2. The fraction of sp³-hybridized carbons (Fsp3) is 0.118. The van der Waals surface area contributed by atoms with E-state index < -0.39 is 0 Å². The summed E-state index contributed by atoms with van der Waals surface area (Å²) in [5, 5.41) is 1.23. The molecule has 0 N–H and O–H groups in total. The van der Waals surface area contributed by atoms with Crippen LogP contribution in [0.1, 0.15) is 5.56 Å². The first-order valence-electron chi connectivity index (χ1n) is 6.62. The van der Waals surface area contributed by atoms with Crippen LogP contribution in [0.5, 0.6) is 0 Å². The van der Waals surface area contributed by atoms with E-state index in [-0.39, 0.29) is 0 Å². The summed E-state index contributed by atoms with van der Waals surface area (Å²) in [5.74, 6) is 0. The third kappa shape index (κ3) is 1.76. The highest BCUT2D eigenvalue weighted by Crippen LogP contribution is 2.29. The van der Waals surface area contributed by atoms with Crippen molar-refractivity contribution in [1.29, 1.82) is 0 Å². The lowest BCUT2D eigenvalue weighted by molar-refractivity contribution is 0.675. The molecule has 0 spiro atoms. The first kappa shape index (κ1) is 10.6. The third-order valence-electron chi connectivity index (χ3n) is 3.74. The van der Waals surface area contributed by atoms with Crippen molar-refractivity contribution in [3.05, 3.63) is 66.5 Å². The van der Waals surface area contributed by atoms with Crippen LogP contribution in [0.4, 0.5) is 0 Å². The van der Waals surface area contributed by atoms with Gasteiger partial charge in [0.25, 0.3) is 0 Å². The Morgan fingerprint density at radius 1 is 0.895 bits per heavy atom. The number of benzene rings is 1. The second kappa shape index (κ2) is 4.09. The van der Waals surface area contributed by atoms with E-state index in [1.54, 1.807) is 0 Å². The van der Waals surface area contributed by atoms with Crippen molar-refractivity contribution in [2.75, 3.05) is 0 Å². The third-order valence-corrected chi connectivity index (χ3v) is 3.74. The smallest absolute Gasteiger partial charge is 0.0716 e. The zero-order valence-electron chi connectivity index (χ0n) is 10.6. The molecule has 92 valence electrons. The predicted octanol–water partition coefficient (Wildman–Crippen LogP) is 3.82. The molecule has 0 amide bonds. The van der Waals surface area contributed by atoms with Gasteiger partial charge in [0.15, 0.2) is 0 Å². The van der Waals surface area contributed by atoms with Crippen LogP contribution in [-0.2, 0) is 13.0 Å². The van der Waals surface area contributed by atoms with Gasteiger partial charge in [-0.1, -0.05) is 24.3 Å². The van der Waals surface area contributed by atoms with Gasteiger partial charge in [-0.05, 0) is 36.2 Å². The molecule has 0 saturated carbocycles. The zero-order valence-corrected chi connectivity index (χ0v) is 10.6. The molecule has 0 atom stereocenters. The lowest BCUT2D eigenvalue weighted by Crippen LogP contribution is -2.03. The van der Waals surface area contributed by atoms with E-state index in [9.17, 15) is 0 Å². The van der Waals surface area contributed by atoms with Crippen molar-refractivity contribution in [1.82, 2.24) is 9.55 Å². The van der Waals surface area contributed by atoms with Gasteiger partial charge < -0.3 is 4.57 Å². The van der Waals surface area contributed by atoms with Gasteiger partial charge in [-0.15, -0.1) is 0 Å². The van der Waals surface area contributed by atoms with Crippen LogP contribution in [0.2, 0.25) is 0 Å². The number of para-hydroxylation sites is 1. The molecule has 0 saturated heterocycles. The first-order chi connectivity index (χ1) is 9.40. The molecule has 0 fully saturated rings. The average Bonchev–Trinajstić information content (AvgIpc) is 2.83. The highest BCUT2D eigenvalue weighted by molar-refractivity contribution is 5.96. The Morgan fingerprint density at radius 3 is 2.68 bits per heavy atom. The molecule has 1 aromatic carbocycles. The molecule has 19 heavy (non-hydrogen) atoms. The Hall–Kier alpha value is -2.35. The Labute approximate surface area is 112 Å². The molecule has 0 aromatic heterocycles. The van der Waals surface area contributed by atoms with E-state index in [1.807, 2.05) is 6.07 Å². The SMILES string of the molecule is c1ccc2c3ccn4ccc(ccc-3nc2c1)CC4. The number of aryl methyl sites for hydroxylation is 2. The van der Waals surface area contributed by atoms with Crippen LogP contribution in [0, 0.1) is 0 Å². The molecule has 2 nitrogen and oxygen atoms in total. The van der Waals surface area contributed by atoms with E-state index in [2.05, 4.69) is 59.4 Å². The molecule has 0 aliphatic carbocycles. The van der Waals surface area contributed by atoms with Gasteiger partial charge in [-0.3, -0.25) is 0 Å². The number of aromatic nitrogens is 2. The van der Waals surface area contributed by atoms with Gasteiger partial charge >= 0.3 is 0 Å². The van der Waals surface area contributed by atoms with Gasteiger partial charge in [0.1, 0.15) is 0 Å². The summed E-state index contributed by atoms with van der Waals surface area (Å²) in [6.07, 6.45) is 5.38. The highest BCUT2D eigenvalue weighted by atomic mass is 14.9. The summed E-state index contributed by atoms with van der Waals surface area (Å²) >= 11 is 0. The van der Waals surface area contributed by atoms with Crippen LogP contribution >= 0.6 is 0 Å². The molecule has 2 bridgehead atoms. The Kier molecular flexibility index (Phi) is 2.27. The minimum atomic E-state index is 1.05. The Balaban J connectivity index is 2.12.